The summed E-state index contributed by atoms with van der Waals surface area (Å²) in [5, 5.41) is 8.54. The maximum absolute atomic E-state index is 12.7. The fraction of sp³-hybridized carbons (Fsp3) is 0.143. The Morgan fingerprint density at radius 3 is 2.92 bits per heavy atom. The third-order valence-electron chi connectivity index (χ3n) is 1.34. The van der Waals surface area contributed by atoms with Gasteiger partial charge in [0.05, 0.1) is 19.0 Å². The van der Waals surface area contributed by atoms with Crippen LogP contribution < -0.4 is 10.5 Å². The summed E-state index contributed by atoms with van der Waals surface area (Å²) in [6.07, 6.45) is 0.912. The van der Waals surface area contributed by atoms with Crippen LogP contribution in [-0.2, 0) is 0 Å². The van der Waals surface area contributed by atoms with Gasteiger partial charge in [-0.05, 0) is 0 Å². The van der Waals surface area contributed by atoms with Crippen LogP contribution in [0.15, 0.2) is 6.20 Å². The molecule has 0 aromatic carbocycles. The van der Waals surface area contributed by atoms with Gasteiger partial charge in [0.25, 0.3) is 0 Å². The van der Waals surface area contributed by atoms with Crippen molar-refractivity contribution in [3.63, 3.8) is 0 Å². The van der Waals surface area contributed by atoms with Crippen LogP contribution in [0.3, 0.4) is 0 Å². The number of rotatable bonds is 1. The van der Waals surface area contributed by atoms with E-state index in [2.05, 4.69) is 4.98 Å². The summed E-state index contributed by atoms with van der Waals surface area (Å²) in [6.45, 7) is 0. The lowest BCUT2D eigenvalue weighted by atomic mass is 10.2. The minimum atomic E-state index is -0.715. The average molecular weight is 167 g/mol. The van der Waals surface area contributed by atoms with Crippen molar-refractivity contribution in [2.75, 3.05) is 12.8 Å². The van der Waals surface area contributed by atoms with Crippen LogP contribution in [0.1, 0.15) is 5.56 Å². The molecule has 0 radical (unpaired) electrons. The molecule has 1 rings (SSSR count). The van der Waals surface area contributed by atoms with E-state index in [-0.39, 0.29) is 17.1 Å². The van der Waals surface area contributed by atoms with Crippen LogP contribution in [-0.4, -0.2) is 12.1 Å². The van der Waals surface area contributed by atoms with Crippen molar-refractivity contribution in [1.29, 1.82) is 5.26 Å². The standard InChI is InChI=1S/C7H6FN3O/c1-12-7-4(2-9)6(10)5(8)3-11-7/h3H,1H3,(H2,10,11). The SMILES string of the molecule is COc1ncc(F)c(N)c1C#N. The first kappa shape index (κ1) is 8.27. The molecule has 0 aliphatic rings. The van der Waals surface area contributed by atoms with Crippen LogP contribution >= 0.6 is 0 Å². The molecule has 0 spiro atoms. The van der Waals surface area contributed by atoms with Gasteiger partial charge >= 0.3 is 0 Å². The van der Waals surface area contributed by atoms with Crippen molar-refractivity contribution < 1.29 is 9.13 Å². The van der Waals surface area contributed by atoms with Gasteiger partial charge in [-0.2, -0.15) is 5.26 Å². The highest BCUT2D eigenvalue weighted by Gasteiger charge is 2.11. The van der Waals surface area contributed by atoms with E-state index in [1.165, 1.54) is 7.11 Å². The highest BCUT2D eigenvalue weighted by atomic mass is 19.1. The van der Waals surface area contributed by atoms with E-state index < -0.39 is 5.82 Å². The number of nitrogens with zero attached hydrogens (tertiary/aromatic N) is 2. The molecule has 2 N–H and O–H groups in total. The Morgan fingerprint density at radius 2 is 2.42 bits per heavy atom. The lowest BCUT2D eigenvalue weighted by molar-refractivity contribution is 0.395. The molecule has 62 valence electrons. The number of ether oxygens (including phenoxy) is 1. The summed E-state index contributed by atoms with van der Waals surface area (Å²) in [4.78, 5) is 3.53. The Balaban J connectivity index is 3.38. The Morgan fingerprint density at radius 1 is 1.75 bits per heavy atom. The number of nitrogens with two attached hydrogens (primary N) is 1. The van der Waals surface area contributed by atoms with E-state index in [1.54, 1.807) is 6.07 Å². The molecule has 12 heavy (non-hydrogen) atoms. The predicted octanol–water partition coefficient (Wildman–Crippen LogP) is 0.683. The molecule has 1 heterocycles. The molecule has 0 saturated heterocycles. The molecule has 4 nitrogen and oxygen atoms in total. The second-order valence-electron chi connectivity index (χ2n) is 2.02. The molecule has 0 saturated carbocycles. The lowest BCUT2D eigenvalue weighted by Crippen LogP contribution is -2.00. The van der Waals surface area contributed by atoms with Gasteiger partial charge in [0.15, 0.2) is 5.82 Å². The maximum atomic E-state index is 12.7. The van der Waals surface area contributed by atoms with Crippen molar-refractivity contribution >= 4 is 5.69 Å². The number of hydrogen-bond donors (Lipinski definition) is 1. The quantitative estimate of drug-likeness (QED) is 0.667. The second-order valence-corrected chi connectivity index (χ2v) is 2.02. The van der Waals surface area contributed by atoms with Gasteiger partial charge in [0.1, 0.15) is 11.6 Å². The van der Waals surface area contributed by atoms with Crippen molar-refractivity contribution in [3.8, 4) is 11.9 Å². The molecular formula is C7H6FN3O. The average Bonchev–Trinajstić information content (AvgIpc) is 2.09. The molecule has 0 fully saturated rings. The largest absolute Gasteiger partial charge is 0.480 e. The Hall–Kier alpha value is -1.83. The number of nitriles is 1. The summed E-state index contributed by atoms with van der Waals surface area (Å²) in [5.41, 5.74) is 4.95. The summed E-state index contributed by atoms with van der Waals surface area (Å²) < 4.78 is 17.4. The number of pyridine rings is 1. The van der Waals surface area contributed by atoms with Gasteiger partial charge < -0.3 is 10.5 Å². The zero-order chi connectivity index (χ0) is 9.14. The normalized spacial score (nSPS) is 9.08. The van der Waals surface area contributed by atoms with Gasteiger partial charge in [-0.3, -0.25) is 0 Å². The van der Waals surface area contributed by atoms with Gasteiger partial charge in [-0.25, -0.2) is 9.37 Å². The first-order valence-electron chi connectivity index (χ1n) is 3.08. The predicted molar refractivity (Wildman–Crippen MR) is 39.9 cm³/mol. The second kappa shape index (κ2) is 3.05. The first-order chi connectivity index (χ1) is 5.70. The monoisotopic (exact) mass is 167 g/mol. The van der Waals surface area contributed by atoms with Crippen molar-refractivity contribution in [3.05, 3.63) is 17.6 Å². The number of hydrogen-bond acceptors (Lipinski definition) is 4. The highest BCUT2D eigenvalue weighted by molar-refractivity contribution is 5.58. The van der Waals surface area contributed by atoms with Gasteiger partial charge in [-0.15, -0.1) is 0 Å². The fourth-order valence-electron chi connectivity index (χ4n) is 0.747. The van der Waals surface area contributed by atoms with Crippen LogP contribution in [0.25, 0.3) is 0 Å². The van der Waals surface area contributed by atoms with E-state index in [4.69, 9.17) is 15.7 Å². The maximum Gasteiger partial charge on any atom is 0.233 e. The topological polar surface area (TPSA) is 71.9 Å². The number of aromatic nitrogens is 1. The number of anilines is 1. The molecular weight excluding hydrogens is 161 g/mol. The summed E-state index contributed by atoms with van der Waals surface area (Å²) in [7, 11) is 1.33. The molecule has 0 aliphatic carbocycles. The number of methoxy groups -OCH3 is 1. The summed E-state index contributed by atoms with van der Waals surface area (Å²) in [5.74, 6) is -0.677. The summed E-state index contributed by atoms with van der Waals surface area (Å²) in [6, 6.07) is 1.70. The Bertz CT molecular complexity index is 345. The van der Waals surface area contributed by atoms with Crippen LogP contribution in [0.2, 0.25) is 0 Å². The van der Waals surface area contributed by atoms with Gasteiger partial charge in [0, 0.05) is 0 Å². The van der Waals surface area contributed by atoms with E-state index >= 15 is 0 Å². The zero-order valence-corrected chi connectivity index (χ0v) is 6.34. The third-order valence-corrected chi connectivity index (χ3v) is 1.34. The molecule has 0 unspecified atom stereocenters. The van der Waals surface area contributed by atoms with Crippen LogP contribution in [0.5, 0.6) is 5.88 Å². The Kier molecular flexibility index (Phi) is 2.10. The molecule has 1 aromatic rings. The van der Waals surface area contributed by atoms with Crippen molar-refractivity contribution in [2.24, 2.45) is 0 Å². The minimum Gasteiger partial charge on any atom is -0.480 e. The minimum absolute atomic E-state index is 0.0383. The van der Waals surface area contributed by atoms with Crippen molar-refractivity contribution in [2.45, 2.75) is 0 Å². The third kappa shape index (κ3) is 1.14. The number of nitrogen functional groups attached to an aromatic ring is 1. The lowest BCUT2D eigenvalue weighted by Gasteiger charge is -2.03. The molecule has 0 aliphatic heterocycles. The van der Waals surface area contributed by atoms with Crippen molar-refractivity contribution in [1.82, 2.24) is 4.98 Å². The van der Waals surface area contributed by atoms with Gasteiger partial charge in [-0.1, -0.05) is 0 Å². The highest BCUT2D eigenvalue weighted by Crippen LogP contribution is 2.22. The Labute approximate surface area is 68.4 Å². The smallest absolute Gasteiger partial charge is 0.233 e. The van der Waals surface area contributed by atoms with Gasteiger partial charge in [0.2, 0.25) is 5.88 Å². The zero-order valence-electron chi connectivity index (χ0n) is 6.34. The molecule has 1 aromatic heterocycles. The number of halogens is 1. The summed E-state index contributed by atoms with van der Waals surface area (Å²) >= 11 is 0. The van der Waals surface area contributed by atoms with E-state index in [9.17, 15) is 4.39 Å². The molecule has 5 heteroatoms. The molecule has 0 amide bonds. The fourth-order valence-corrected chi connectivity index (χ4v) is 0.747. The van der Waals surface area contributed by atoms with Crippen LogP contribution in [0.4, 0.5) is 10.1 Å². The first-order valence-corrected chi connectivity index (χ1v) is 3.08. The van der Waals surface area contributed by atoms with Crippen LogP contribution in [0, 0.1) is 17.1 Å². The van der Waals surface area contributed by atoms with E-state index in [0.29, 0.717) is 0 Å². The van der Waals surface area contributed by atoms with E-state index in [1.807, 2.05) is 0 Å². The van der Waals surface area contributed by atoms with E-state index in [0.717, 1.165) is 6.20 Å². The molecule has 0 atom stereocenters. The molecule has 0 bridgehead atoms.